The number of aryl methyl sites for hydroxylation is 1. The molecule has 2 N–H and O–H groups in total. The van der Waals surface area contributed by atoms with E-state index in [0.29, 0.717) is 35.6 Å². The average molecular weight is 404 g/mol. The number of anilines is 1. The predicted molar refractivity (Wildman–Crippen MR) is 111 cm³/mol. The van der Waals surface area contributed by atoms with E-state index in [1.807, 2.05) is 23.8 Å². The van der Waals surface area contributed by atoms with E-state index in [2.05, 4.69) is 30.6 Å². The molecule has 0 aliphatic heterocycles. The van der Waals surface area contributed by atoms with Crippen molar-refractivity contribution in [3.8, 4) is 5.82 Å². The molecule has 0 radical (unpaired) electrons. The molecule has 10 nitrogen and oxygen atoms in total. The SMILES string of the molecule is Cc1nccn1-c1cc(NCCNC(=O)Cn2cnc3ccccc3c2=O)ncn1. The first-order valence-electron chi connectivity index (χ1n) is 9.39. The number of hydrogen-bond donors (Lipinski definition) is 2. The van der Waals surface area contributed by atoms with Gasteiger partial charge in [0, 0.05) is 31.5 Å². The van der Waals surface area contributed by atoms with E-state index in [0.717, 1.165) is 5.82 Å². The van der Waals surface area contributed by atoms with Gasteiger partial charge in [0.05, 0.1) is 17.2 Å². The van der Waals surface area contributed by atoms with E-state index in [4.69, 9.17) is 0 Å². The standard InChI is InChI=1S/C20H20N8O2/c1-14-21-8-9-28(14)18-10-17(24-12-25-18)22-6-7-23-19(29)11-27-13-26-16-5-3-2-4-15(16)20(27)30/h2-5,8-10,12-13H,6-7,11H2,1H3,(H,23,29)(H,22,24,25). The fourth-order valence-corrected chi connectivity index (χ4v) is 3.02. The summed E-state index contributed by atoms with van der Waals surface area (Å²) >= 11 is 0. The number of carbonyl (C=O) groups excluding carboxylic acids is 1. The van der Waals surface area contributed by atoms with Crippen LogP contribution in [0.4, 0.5) is 5.82 Å². The summed E-state index contributed by atoms with van der Waals surface area (Å²) in [6.45, 7) is 2.64. The number of imidazole rings is 1. The lowest BCUT2D eigenvalue weighted by Gasteiger charge is -2.10. The lowest BCUT2D eigenvalue weighted by atomic mass is 10.2. The molecular formula is C20H20N8O2. The van der Waals surface area contributed by atoms with E-state index < -0.39 is 0 Å². The van der Waals surface area contributed by atoms with Crippen molar-refractivity contribution in [2.75, 3.05) is 18.4 Å². The van der Waals surface area contributed by atoms with Gasteiger partial charge in [0.1, 0.15) is 30.3 Å². The molecule has 3 aromatic heterocycles. The molecule has 1 aromatic carbocycles. The first-order valence-corrected chi connectivity index (χ1v) is 9.39. The summed E-state index contributed by atoms with van der Waals surface area (Å²) in [5.74, 6) is 1.89. The van der Waals surface area contributed by atoms with Crippen LogP contribution in [0.2, 0.25) is 0 Å². The van der Waals surface area contributed by atoms with Crippen LogP contribution in [0, 0.1) is 6.92 Å². The minimum absolute atomic E-state index is 0.0891. The van der Waals surface area contributed by atoms with Crippen LogP contribution < -0.4 is 16.2 Å². The minimum Gasteiger partial charge on any atom is -0.368 e. The molecule has 0 bridgehead atoms. The number of para-hydroxylation sites is 1. The van der Waals surface area contributed by atoms with Gasteiger partial charge < -0.3 is 10.6 Å². The quantitative estimate of drug-likeness (QED) is 0.439. The Hall–Kier alpha value is -4.08. The van der Waals surface area contributed by atoms with Gasteiger partial charge in [-0.3, -0.25) is 18.7 Å². The number of aromatic nitrogens is 6. The van der Waals surface area contributed by atoms with Crippen molar-refractivity contribution >= 4 is 22.6 Å². The molecule has 0 aliphatic rings. The molecule has 0 unspecified atom stereocenters. The van der Waals surface area contributed by atoms with E-state index in [-0.39, 0.29) is 18.0 Å². The summed E-state index contributed by atoms with van der Waals surface area (Å²) in [6, 6.07) is 8.85. The second-order valence-electron chi connectivity index (χ2n) is 6.58. The molecule has 10 heteroatoms. The Morgan fingerprint density at radius 2 is 1.97 bits per heavy atom. The molecule has 4 rings (SSSR count). The van der Waals surface area contributed by atoms with Crippen molar-refractivity contribution in [3.05, 3.63) is 71.6 Å². The summed E-state index contributed by atoms with van der Waals surface area (Å²) in [7, 11) is 0. The van der Waals surface area contributed by atoms with Crippen LogP contribution in [-0.4, -0.2) is 48.1 Å². The summed E-state index contributed by atoms with van der Waals surface area (Å²) in [5.41, 5.74) is 0.371. The third-order valence-corrected chi connectivity index (χ3v) is 4.52. The zero-order valence-corrected chi connectivity index (χ0v) is 16.3. The number of amides is 1. The van der Waals surface area contributed by atoms with Gasteiger partial charge >= 0.3 is 0 Å². The molecule has 30 heavy (non-hydrogen) atoms. The van der Waals surface area contributed by atoms with Gasteiger partial charge in [-0.1, -0.05) is 12.1 Å². The second kappa shape index (κ2) is 8.52. The van der Waals surface area contributed by atoms with Gasteiger partial charge in [0.2, 0.25) is 5.91 Å². The number of hydrogen-bond acceptors (Lipinski definition) is 7. The molecule has 4 aromatic rings. The van der Waals surface area contributed by atoms with E-state index in [1.165, 1.54) is 17.2 Å². The molecule has 1 amide bonds. The molecule has 152 valence electrons. The predicted octanol–water partition coefficient (Wildman–Crippen LogP) is 0.909. The Morgan fingerprint density at radius 1 is 1.10 bits per heavy atom. The maximum Gasteiger partial charge on any atom is 0.261 e. The summed E-state index contributed by atoms with van der Waals surface area (Å²) < 4.78 is 3.15. The fourth-order valence-electron chi connectivity index (χ4n) is 3.02. The molecule has 0 spiro atoms. The highest BCUT2D eigenvalue weighted by Gasteiger charge is 2.08. The van der Waals surface area contributed by atoms with Crippen LogP contribution in [0.3, 0.4) is 0 Å². The van der Waals surface area contributed by atoms with Crippen molar-refractivity contribution in [1.29, 1.82) is 0 Å². The Labute approximate surface area is 171 Å². The van der Waals surface area contributed by atoms with Crippen molar-refractivity contribution in [3.63, 3.8) is 0 Å². The molecule has 0 fully saturated rings. The van der Waals surface area contributed by atoms with Crippen LogP contribution in [-0.2, 0) is 11.3 Å². The second-order valence-corrected chi connectivity index (χ2v) is 6.58. The zero-order valence-electron chi connectivity index (χ0n) is 16.3. The van der Waals surface area contributed by atoms with Crippen molar-refractivity contribution in [1.82, 2.24) is 34.4 Å². The summed E-state index contributed by atoms with van der Waals surface area (Å²) in [4.78, 5) is 41.5. The molecule has 0 aliphatic carbocycles. The molecular weight excluding hydrogens is 384 g/mol. The van der Waals surface area contributed by atoms with E-state index in [9.17, 15) is 9.59 Å². The first-order chi connectivity index (χ1) is 14.6. The van der Waals surface area contributed by atoms with Crippen LogP contribution in [0.15, 0.2) is 60.2 Å². The number of rotatable bonds is 7. The Kier molecular flexibility index (Phi) is 5.46. The van der Waals surface area contributed by atoms with E-state index >= 15 is 0 Å². The lowest BCUT2D eigenvalue weighted by molar-refractivity contribution is -0.121. The Morgan fingerprint density at radius 3 is 2.80 bits per heavy atom. The highest BCUT2D eigenvalue weighted by atomic mass is 16.2. The van der Waals surface area contributed by atoms with Crippen molar-refractivity contribution < 1.29 is 4.79 Å². The highest BCUT2D eigenvalue weighted by Crippen LogP contribution is 2.10. The van der Waals surface area contributed by atoms with Gasteiger partial charge in [-0.05, 0) is 19.1 Å². The van der Waals surface area contributed by atoms with Gasteiger partial charge in [-0.2, -0.15) is 0 Å². The molecule has 0 saturated carbocycles. The third-order valence-electron chi connectivity index (χ3n) is 4.52. The van der Waals surface area contributed by atoms with Crippen molar-refractivity contribution in [2.45, 2.75) is 13.5 Å². The zero-order chi connectivity index (χ0) is 20.9. The number of nitrogens with one attached hydrogen (secondary N) is 2. The van der Waals surface area contributed by atoms with Gasteiger partial charge in [0.15, 0.2) is 0 Å². The van der Waals surface area contributed by atoms with Crippen LogP contribution in [0.5, 0.6) is 0 Å². The van der Waals surface area contributed by atoms with Gasteiger partial charge in [-0.15, -0.1) is 0 Å². The van der Waals surface area contributed by atoms with E-state index in [1.54, 1.807) is 30.5 Å². The lowest BCUT2D eigenvalue weighted by Crippen LogP contribution is -2.35. The Bertz CT molecular complexity index is 1250. The summed E-state index contributed by atoms with van der Waals surface area (Å²) in [5, 5.41) is 6.41. The number of carbonyl (C=O) groups is 1. The maximum absolute atomic E-state index is 12.4. The number of benzene rings is 1. The number of fused-ring (bicyclic) bond motifs is 1. The smallest absolute Gasteiger partial charge is 0.261 e. The van der Waals surface area contributed by atoms with Crippen LogP contribution in [0.25, 0.3) is 16.7 Å². The Balaban J connectivity index is 1.30. The summed E-state index contributed by atoms with van der Waals surface area (Å²) in [6.07, 6.45) is 6.39. The largest absolute Gasteiger partial charge is 0.368 e. The monoisotopic (exact) mass is 404 g/mol. The molecule has 0 atom stereocenters. The molecule has 3 heterocycles. The fraction of sp³-hybridized carbons (Fsp3) is 0.200. The minimum atomic E-state index is -0.270. The topological polar surface area (TPSA) is 120 Å². The molecule has 0 saturated heterocycles. The van der Waals surface area contributed by atoms with Gasteiger partial charge in [-0.25, -0.2) is 19.9 Å². The van der Waals surface area contributed by atoms with Crippen molar-refractivity contribution in [2.24, 2.45) is 0 Å². The third kappa shape index (κ3) is 4.17. The average Bonchev–Trinajstić information content (AvgIpc) is 3.19. The van der Waals surface area contributed by atoms with Crippen LogP contribution in [0.1, 0.15) is 5.82 Å². The first kappa shape index (κ1) is 19.2. The highest BCUT2D eigenvalue weighted by molar-refractivity contribution is 5.78. The normalized spacial score (nSPS) is 10.8. The van der Waals surface area contributed by atoms with Crippen LogP contribution >= 0.6 is 0 Å². The van der Waals surface area contributed by atoms with Gasteiger partial charge in [0.25, 0.3) is 5.56 Å². The number of nitrogens with zero attached hydrogens (tertiary/aromatic N) is 6. The maximum atomic E-state index is 12.4.